The van der Waals surface area contributed by atoms with Gasteiger partial charge < -0.3 is 0 Å². The van der Waals surface area contributed by atoms with E-state index >= 15 is 0 Å². The van der Waals surface area contributed by atoms with E-state index in [9.17, 15) is 43.9 Å². The quantitative estimate of drug-likeness (QED) is 0.495. The van der Waals surface area contributed by atoms with Crippen LogP contribution in [-0.4, -0.2) is 30.6 Å². The summed E-state index contributed by atoms with van der Waals surface area (Å²) >= 11 is 9.51. The minimum Gasteiger partial charge on any atom is -0.238 e. The molecule has 0 aliphatic rings. The number of rotatable bonds is 4. The van der Waals surface area contributed by atoms with Crippen LogP contribution < -0.4 is 0 Å². The van der Waals surface area contributed by atoms with Crippen molar-refractivity contribution in [2.24, 2.45) is 0 Å². The monoisotopic (exact) mass is 388 g/mol. The van der Waals surface area contributed by atoms with E-state index in [2.05, 4.69) is 13.2 Å². The molecule has 0 bridgehead atoms. The number of alkyl halides is 10. The molecule has 22 heavy (non-hydrogen) atoms. The molecular formula is C10H8Cl2F10. The van der Waals surface area contributed by atoms with Crippen molar-refractivity contribution in [1.29, 1.82) is 0 Å². The Morgan fingerprint density at radius 2 is 1.23 bits per heavy atom. The van der Waals surface area contributed by atoms with Crippen LogP contribution in [0.15, 0.2) is 23.2 Å². The van der Waals surface area contributed by atoms with E-state index < -0.39 is 47.1 Å². The highest BCUT2D eigenvalue weighted by Gasteiger charge is 2.57. The van der Waals surface area contributed by atoms with Crippen molar-refractivity contribution < 1.29 is 43.9 Å². The standard InChI is InChI=1S/2C5H4ClF5/c1-3(6)2-4(7,8)5(9,10)11;1-2(6)3(7)4(8)5(9,10)11/h1-2H2;3-4H,1H2. The van der Waals surface area contributed by atoms with Crippen molar-refractivity contribution in [3.8, 4) is 0 Å². The molecule has 12 heteroatoms. The predicted octanol–water partition coefficient (Wildman–Crippen LogP) is 6.30. The molecule has 0 aromatic rings. The molecule has 132 valence electrons. The zero-order valence-electron chi connectivity index (χ0n) is 10.3. The zero-order valence-corrected chi connectivity index (χ0v) is 11.8. The molecule has 0 nitrogen and oxygen atoms in total. The Morgan fingerprint density at radius 3 is 1.32 bits per heavy atom. The number of allylic oxidation sites excluding steroid dienone is 2. The van der Waals surface area contributed by atoms with Crippen LogP contribution in [0.5, 0.6) is 0 Å². The summed E-state index contributed by atoms with van der Waals surface area (Å²) in [6.45, 7) is 5.38. The second-order valence-electron chi connectivity index (χ2n) is 3.69. The van der Waals surface area contributed by atoms with Crippen LogP contribution in [0.2, 0.25) is 0 Å². The summed E-state index contributed by atoms with van der Waals surface area (Å²) in [5.74, 6) is -4.77. The van der Waals surface area contributed by atoms with Crippen LogP contribution >= 0.6 is 23.2 Å². The predicted molar refractivity (Wildman–Crippen MR) is 61.5 cm³/mol. The molecule has 0 saturated heterocycles. The number of hydrogen-bond donors (Lipinski definition) is 0. The maximum Gasteiger partial charge on any atom is 0.453 e. The third-order valence-corrected chi connectivity index (χ3v) is 2.04. The Balaban J connectivity index is 0. The first kappa shape index (κ1) is 23.6. The fourth-order valence-electron chi connectivity index (χ4n) is 0.666. The highest BCUT2D eigenvalue weighted by Crippen LogP contribution is 2.40. The van der Waals surface area contributed by atoms with Crippen LogP contribution in [0.1, 0.15) is 6.42 Å². The highest BCUT2D eigenvalue weighted by atomic mass is 35.5. The fourth-order valence-corrected chi connectivity index (χ4v) is 0.944. The summed E-state index contributed by atoms with van der Waals surface area (Å²) in [4.78, 5) is 0. The Labute approximate surface area is 128 Å². The molecule has 0 fully saturated rings. The van der Waals surface area contributed by atoms with Gasteiger partial charge in [-0.3, -0.25) is 0 Å². The summed E-state index contributed by atoms with van der Waals surface area (Å²) in [7, 11) is 0. The molecule has 0 aromatic carbocycles. The van der Waals surface area contributed by atoms with E-state index in [0.29, 0.717) is 0 Å². The van der Waals surface area contributed by atoms with Gasteiger partial charge in [-0.05, 0) is 0 Å². The van der Waals surface area contributed by atoms with Crippen molar-refractivity contribution in [2.75, 3.05) is 0 Å². The van der Waals surface area contributed by atoms with Gasteiger partial charge in [-0.25, -0.2) is 8.78 Å². The van der Waals surface area contributed by atoms with Crippen molar-refractivity contribution in [1.82, 2.24) is 0 Å². The molecule has 2 unspecified atom stereocenters. The lowest BCUT2D eigenvalue weighted by Gasteiger charge is -2.18. The van der Waals surface area contributed by atoms with Crippen LogP contribution in [-0.2, 0) is 0 Å². The summed E-state index contributed by atoms with van der Waals surface area (Å²) in [5, 5.41) is -1.71. The van der Waals surface area contributed by atoms with E-state index in [1.165, 1.54) is 0 Å². The lowest BCUT2D eigenvalue weighted by molar-refractivity contribution is -0.280. The van der Waals surface area contributed by atoms with E-state index in [1.807, 2.05) is 0 Å². The number of hydrogen-bond acceptors (Lipinski definition) is 0. The third-order valence-electron chi connectivity index (χ3n) is 1.70. The lowest BCUT2D eigenvalue weighted by atomic mass is 10.2. The van der Waals surface area contributed by atoms with Gasteiger partial charge in [0.25, 0.3) is 0 Å². The first-order valence-corrected chi connectivity index (χ1v) is 5.66. The van der Waals surface area contributed by atoms with Crippen LogP contribution in [0.25, 0.3) is 0 Å². The summed E-state index contributed by atoms with van der Waals surface area (Å²) in [6.07, 6.45) is -18.8. The average molecular weight is 389 g/mol. The van der Waals surface area contributed by atoms with Crippen LogP contribution in [0.4, 0.5) is 43.9 Å². The van der Waals surface area contributed by atoms with Crippen molar-refractivity contribution in [2.45, 2.75) is 37.0 Å². The Bertz CT molecular complexity index is 384. The summed E-state index contributed by atoms with van der Waals surface area (Å²) in [5.41, 5.74) is 0. The van der Waals surface area contributed by atoms with Gasteiger partial charge in [0.1, 0.15) is 0 Å². The molecule has 2 atom stereocenters. The smallest absolute Gasteiger partial charge is 0.238 e. The summed E-state index contributed by atoms with van der Waals surface area (Å²) in [6, 6.07) is 0. The van der Waals surface area contributed by atoms with Gasteiger partial charge in [0.2, 0.25) is 6.17 Å². The minimum atomic E-state index is -5.55. The van der Waals surface area contributed by atoms with Gasteiger partial charge in [-0.2, -0.15) is 35.1 Å². The molecule has 0 N–H and O–H groups in total. The van der Waals surface area contributed by atoms with Gasteiger partial charge >= 0.3 is 18.3 Å². The molecule has 0 rings (SSSR count). The van der Waals surface area contributed by atoms with Gasteiger partial charge in [-0.15, -0.1) is 0 Å². The molecule has 0 spiro atoms. The van der Waals surface area contributed by atoms with Crippen molar-refractivity contribution in [3.63, 3.8) is 0 Å². The first-order valence-electron chi connectivity index (χ1n) is 4.90. The normalized spacial score (nSPS) is 15.5. The molecule has 0 saturated carbocycles. The van der Waals surface area contributed by atoms with Crippen LogP contribution in [0, 0.1) is 0 Å². The second-order valence-corrected chi connectivity index (χ2v) is 4.71. The largest absolute Gasteiger partial charge is 0.453 e. The van der Waals surface area contributed by atoms with E-state index in [-0.39, 0.29) is 0 Å². The fraction of sp³-hybridized carbons (Fsp3) is 0.600. The molecule has 0 radical (unpaired) electrons. The average Bonchev–Trinajstić information content (AvgIpc) is 2.23. The molecule has 0 heterocycles. The Kier molecular flexibility index (Phi) is 8.89. The van der Waals surface area contributed by atoms with E-state index in [0.717, 1.165) is 0 Å². The maximum absolute atomic E-state index is 12.1. The zero-order chi connectivity index (χ0) is 18.5. The van der Waals surface area contributed by atoms with Crippen LogP contribution in [0.3, 0.4) is 0 Å². The van der Waals surface area contributed by atoms with Crippen molar-refractivity contribution in [3.05, 3.63) is 23.2 Å². The van der Waals surface area contributed by atoms with Gasteiger partial charge in [0, 0.05) is 10.1 Å². The molecule has 0 aromatic heterocycles. The summed E-state index contributed by atoms with van der Waals surface area (Å²) < 4.78 is 116. The maximum atomic E-state index is 12.1. The van der Waals surface area contributed by atoms with Crippen molar-refractivity contribution >= 4 is 23.2 Å². The number of halogens is 12. The SMILES string of the molecule is C=C(Cl)C(F)C(F)C(F)(F)F.C=C(Cl)CC(F)(F)C(F)(F)F. The Hall–Kier alpha value is -0.640. The van der Waals surface area contributed by atoms with Gasteiger partial charge in [0.15, 0.2) is 6.17 Å². The van der Waals surface area contributed by atoms with Gasteiger partial charge in [-0.1, -0.05) is 36.4 Å². The topological polar surface area (TPSA) is 0 Å². The van der Waals surface area contributed by atoms with E-state index in [4.69, 9.17) is 23.2 Å². The lowest BCUT2D eigenvalue weighted by Crippen LogP contribution is -2.36. The second kappa shape index (κ2) is 8.28. The first-order chi connectivity index (χ1) is 9.43. The molecule has 0 aliphatic carbocycles. The minimum absolute atomic E-state index is 0.715. The molecule has 0 amide bonds. The molecule has 0 aliphatic heterocycles. The van der Waals surface area contributed by atoms with Gasteiger partial charge in [0.05, 0.1) is 6.42 Å². The highest BCUT2D eigenvalue weighted by molar-refractivity contribution is 6.29. The van der Waals surface area contributed by atoms with E-state index in [1.54, 1.807) is 0 Å². The third kappa shape index (κ3) is 8.72. The molecular weight excluding hydrogens is 381 g/mol. The Morgan fingerprint density at radius 1 is 0.864 bits per heavy atom.